The maximum Gasteiger partial charge on any atom is 0.332 e. The molecule has 1 rings (SSSR count). The molecule has 2 atom stereocenters. The van der Waals surface area contributed by atoms with E-state index in [2.05, 4.69) is 0 Å². The minimum absolute atomic E-state index is 0.0672. The molecule has 38 heavy (non-hydrogen) atoms. The lowest BCUT2D eigenvalue weighted by molar-refractivity contribution is -0.392. The summed E-state index contributed by atoms with van der Waals surface area (Å²) in [6.07, 6.45) is -2.54. The summed E-state index contributed by atoms with van der Waals surface area (Å²) >= 11 is 0. The van der Waals surface area contributed by atoms with Gasteiger partial charge in [0.15, 0.2) is 13.2 Å². The summed E-state index contributed by atoms with van der Waals surface area (Å²) in [7, 11) is 0. The molecule has 0 saturated carbocycles. The van der Waals surface area contributed by atoms with Crippen LogP contribution in [0.2, 0.25) is 0 Å². The average Bonchev–Trinajstić information content (AvgIpc) is 2.93. The summed E-state index contributed by atoms with van der Waals surface area (Å²) in [6.45, 7) is -1.77. The first-order chi connectivity index (χ1) is 18.4. The number of ether oxygens (including phenoxy) is 10. The van der Waals surface area contributed by atoms with Crippen molar-refractivity contribution in [3.63, 3.8) is 0 Å². The molecular formula is C22H40O16. The largest absolute Gasteiger partial charge is 0.461 e. The summed E-state index contributed by atoms with van der Waals surface area (Å²) < 4.78 is 53.4. The number of aliphatic hydroxyl groups is 4. The first kappa shape index (κ1) is 34.5. The van der Waals surface area contributed by atoms with Gasteiger partial charge in [-0.3, -0.25) is 0 Å². The van der Waals surface area contributed by atoms with E-state index >= 15 is 0 Å². The van der Waals surface area contributed by atoms with Crippen molar-refractivity contribution < 1.29 is 77.4 Å². The molecule has 1 heterocycles. The smallest absolute Gasteiger partial charge is 0.332 e. The zero-order valence-electron chi connectivity index (χ0n) is 21.4. The van der Waals surface area contributed by atoms with Crippen LogP contribution in [0, 0.1) is 0 Å². The van der Waals surface area contributed by atoms with Gasteiger partial charge in [0.2, 0.25) is 0 Å². The third kappa shape index (κ3) is 17.9. The summed E-state index contributed by atoms with van der Waals surface area (Å²) in [6, 6.07) is 0. The normalized spacial score (nSPS) is 22.9. The minimum Gasteiger partial charge on any atom is -0.461 e. The van der Waals surface area contributed by atoms with E-state index in [0.717, 1.165) is 0 Å². The molecule has 0 radical (unpaired) electrons. The third-order valence-corrected chi connectivity index (χ3v) is 4.43. The van der Waals surface area contributed by atoms with E-state index in [1.807, 2.05) is 0 Å². The number of hydrogen-bond acceptors (Lipinski definition) is 16. The highest BCUT2D eigenvalue weighted by Crippen LogP contribution is 2.18. The van der Waals surface area contributed by atoms with Crippen molar-refractivity contribution in [3.05, 3.63) is 0 Å². The molecule has 0 aromatic rings. The Morgan fingerprint density at radius 2 is 1.00 bits per heavy atom. The Morgan fingerprint density at radius 3 is 1.39 bits per heavy atom. The van der Waals surface area contributed by atoms with Gasteiger partial charge in [0.05, 0.1) is 79.3 Å². The quantitative estimate of drug-likeness (QED) is 0.135. The number of rotatable bonds is 12. The highest BCUT2D eigenvalue weighted by molar-refractivity contribution is 5.71. The van der Waals surface area contributed by atoms with E-state index in [4.69, 9.17) is 57.6 Å². The van der Waals surface area contributed by atoms with Gasteiger partial charge in [-0.1, -0.05) is 0 Å². The Bertz CT molecular complexity index is 556. The first-order valence-electron chi connectivity index (χ1n) is 12.1. The average molecular weight is 561 g/mol. The Kier molecular flexibility index (Phi) is 20.2. The zero-order chi connectivity index (χ0) is 27.9. The van der Waals surface area contributed by atoms with Gasteiger partial charge < -0.3 is 67.8 Å². The van der Waals surface area contributed by atoms with Crippen LogP contribution in [-0.2, 0) is 57.0 Å². The van der Waals surface area contributed by atoms with Crippen molar-refractivity contribution in [2.24, 2.45) is 0 Å². The van der Waals surface area contributed by atoms with E-state index in [1.165, 1.54) is 0 Å². The fraction of sp³-hybridized carbons (Fsp3) is 0.909. The Balaban J connectivity index is 2.82. The van der Waals surface area contributed by atoms with Crippen LogP contribution in [0.3, 0.4) is 0 Å². The maximum absolute atomic E-state index is 12.1. The van der Waals surface area contributed by atoms with E-state index in [0.29, 0.717) is 33.0 Å². The molecule has 0 aliphatic carbocycles. The van der Waals surface area contributed by atoms with Gasteiger partial charge in [-0.25, -0.2) is 9.59 Å². The lowest BCUT2D eigenvalue weighted by Gasteiger charge is -2.32. The van der Waals surface area contributed by atoms with E-state index in [9.17, 15) is 19.8 Å². The lowest BCUT2D eigenvalue weighted by Crippen LogP contribution is -2.47. The molecule has 1 aliphatic rings. The molecule has 16 heteroatoms. The van der Waals surface area contributed by atoms with E-state index in [1.54, 1.807) is 0 Å². The van der Waals surface area contributed by atoms with Crippen molar-refractivity contribution in [1.29, 1.82) is 0 Å². The molecule has 1 aliphatic heterocycles. The Hall–Kier alpha value is -1.54. The SMILES string of the molecule is O=C(COC1(OCC(=O)OCC(O)CO)COCCOCCOCCOCCOCCO1)OCC(O)CO. The van der Waals surface area contributed by atoms with Crippen molar-refractivity contribution in [2.45, 2.75) is 18.2 Å². The fourth-order valence-corrected chi connectivity index (χ4v) is 2.49. The summed E-state index contributed by atoms with van der Waals surface area (Å²) in [4.78, 5) is 24.2. The third-order valence-electron chi connectivity index (χ3n) is 4.43. The molecule has 0 amide bonds. The second kappa shape index (κ2) is 22.3. The van der Waals surface area contributed by atoms with E-state index in [-0.39, 0.29) is 33.0 Å². The van der Waals surface area contributed by atoms with Crippen LogP contribution in [0.15, 0.2) is 0 Å². The zero-order valence-corrected chi connectivity index (χ0v) is 21.4. The molecular weight excluding hydrogens is 520 g/mol. The Labute approximate surface area is 220 Å². The van der Waals surface area contributed by atoms with Crippen LogP contribution in [0.4, 0.5) is 0 Å². The van der Waals surface area contributed by atoms with Gasteiger partial charge in [-0.05, 0) is 0 Å². The molecule has 1 fully saturated rings. The van der Waals surface area contributed by atoms with Crippen LogP contribution in [0.25, 0.3) is 0 Å². The molecule has 0 aromatic carbocycles. The summed E-state index contributed by atoms with van der Waals surface area (Å²) in [5.41, 5.74) is 0. The summed E-state index contributed by atoms with van der Waals surface area (Å²) in [5.74, 6) is -3.94. The van der Waals surface area contributed by atoms with Gasteiger partial charge >= 0.3 is 17.9 Å². The molecule has 1 saturated heterocycles. The number of aliphatic hydroxyl groups excluding tert-OH is 4. The number of carbonyl (C=O) groups is 2. The highest BCUT2D eigenvalue weighted by atomic mass is 16.9. The standard InChI is InChI=1S/C22H40O16/c23-11-18(25)13-34-20(27)15-37-22(38-16-21(28)35-14-19(26)12-24)17-33-8-7-31-4-3-29-1-2-30-5-6-32-9-10-36-22/h18-19,23-26H,1-17H2. The fourth-order valence-electron chi connectivity index (χ4n) is 2.49. The second-order valence-corrected chi connectivity index (χ2v) is 7.65. The topological polar surface area (TPSA) is 207 Å². The molecule has 4 N–H and O–H groups in total. The van der Waals surface area contributed by atoms with Crippen LogP contribution < -0.4 is 0 Å². The monoisotopic (exact) mass is 560 g/mol. The van der Waals surface area contributed by atoms with Gasteiger partial charge in [0.1, 0.15) is 32.0 Å². The molecule has 224 valence electrons. The molecule has 2 unspecified atom stereocenters. The van der Waals surface area contributed by atoms with Crippen LogP contribution in [0.1, 0.15) is 0 Å². The van der Waals surface area contributed by atoms with Crippen molar-refractivity contribution >= 4 is 11.9 Å². The van der Waals surface area contributed by atoms with Crippen molar-refractivity contribution in [3.8, 4) is 0 Å². The van der Waals surface area contributed by atoms with Crippen LogP contribution in [0.5, 0.6) is 0 Å². The second-order valence-electron chi connectivity index (χ2n) is 7.65. The minimum atomic E-state index is -2.10. The van der Waals surface area contributed by atoms with Crippen LogP contribution >= 0.6 is 0 Å². The van der Waals surface area contributed by atoms with Crippen LogP contribution in [-0.4, -0.2) is 163 Å². The highest BCUT2D eigenvalue weighted by Gasteiger charge is 2.37. The van der Waals surface area contributed by atoms with Gasteiger partial charge in [0, 0.05) is 0 Å². The number of esters is 2. The molecule has 0 aromatic heterocycles. The first-order valence-corrected chi connectivity index (χ1v) is 12.1. The Morgan fingerprint density at radius 1 is 0.632 bits per heavy atom. The van der Waals surface area contributed by atoms with Crippen molar-refractivity contribution in [2.75, 3.05) is 112 Å². The number of carbonyl (C=O) groups excluding carboxylic acids is 2. The lowest BCUT2D eigenvalue weighted by atomic mass is 10.4. The van der Waals surface area contributed by atoms with Gasteiger partial charge in [-0.2, -0.15) is 0 Å². The van der Waals surface area contributed by atoms with E-state index < -0.39 is 76.4 Å². The van der Waals surface area contributed by atoms with Gasteiger partial charge in [-0.15, -0.1) is 0 Å². The number of hydrogen-bond donors (Lipinski definition) is 4. The molecule has 16 nitrogen and oxygen atoms in total. The van der Waals surface area contributed by atoms with Gasteiger partial charge in [0.25, 0.3) is 0 Å². The predicted octanol–water partition coefficient (Wildman–Crippen LogP) is -3.42. The van der Waals surface area contributed by atoms with Crippen molar-refractivity contribution in [1.82, 2.24) is 0 Å². The predicted molar refractivity (Wildman–Crippen MR) is 123 cm³/mol. The maximum atomic E-state index is 12.1. The summed E-state index contributed by atoms with van der Waals surface area (Å²) in [5, 5.41) is 36.4. The molecule has 0 spiro atoms. The molecule has 0 bridgehead atoms.